The number of halogens is 3. The lowest BCUT2D eigenvalue weighted by atomic mass is 10.2. The van der Waals surface area contributed by atoms with E-state index in [1.165, 1.54) is 22.5 Å². The summed E-state index contributed by atoms with van der Waals surface area (Å²) in [4.78, 5) is 12.0. The molecule has 9 heteroatoms. The minimum absolute atomic E-state index is 0.0404. The number of hydrogen-bond acceptors (Lipinski definition) is 3. The van der Waals surface area contributed by atoms with E-state index >= 15 is 0 Å². The Kier molecular flexibility index (Phi) is 11.8. The predicted octanol–water partition coefficient (Wildman–Crippen LogP) is 6.49. The van der Waals surface area contributed by atoms with Crippen LogP contribution in [0.3, 0.4) is 0 Å². The lowest BCUT2D eigenvalue weighted by molar-refractivity contribution is 0.102. The first kappa shape index (κ1) is 28.0. The Morgan fingerprint density at radius 2 is 1.53 bits per heavy atom. The maximum atomic E-state index is 14.5. The zero-order valence-electron chi connectivity index (χ0n) is 18.9. The number of amides is 1. The molecule has 2 rings (SSSR count). The summed E-state index contributed by atoms with van der Waals surface area (Å²) in [7, 11) is -4.11. The molecule has 0 spiro atoms. The van der Waals surface area contributed by atoms with E-state index in [-0.39, 0.29) is 29.4 Å². The van der Waals surface area contributed by atoms with Gasteiger partial charge in [0.25, 0.3) is 5.91 Å². The summed E-state index contributed by atoms with van der Waals surface area (Å²) in [5, 5.41) is 2.33. The summed E-state index contributed by atoms with van der Waals surface area (Å²) in [6.45, 7) is 8.45. The van der Waals surface area contributed by atoms with Crippen LogP contribution in [0.4, 0.5) is 14.5 Å². The number of unbranched alkanes of at least 4 members (excludes halogenated alkanes) is 2. The summed E-state index contributed by atoms with van der Waals surface area (Å²) in [5.41, 5.74) is 0.189. The molecule has 5 nitrogen and oxygen atoms in total. The second kappa shape index (κ2) is 13.5. The molecule has 32 heavy (non-hydrogen) atoms. The average Bonchev–Trinajstić information content (AvgIpc) is 2.77. The molecule has 0 aliphatic heterocycles. The molecule has 0 bridgehead atoms. The normalized spacial score (nSPS) is 11.1. The predicted molar refractivity (Wildman–Crippen MR) is 126 cm³/mol. The molecule has 0 heterocycles. The zero-order valence-corrected chi connectivity index (χ0v) is 20.5. The molecule has 0 aromatic heterocycles. The van der Waals surface area contributed by atoms with E-state index in [1.54, 1.807) is 0 Å². The third-order valence-corrected chi connectivity index (χ3v) is 6.71. The number of hydrogen-bond donors (Lipinski definition) is 1. The van der Waals surface area contributed by atoms with Gasteiger partial charge in [-0.15, -0.1) is 0 Å². The van der Waals surface area contributed by atoms with E-state index in [9.17, 15) is 22.0 Å². The minimum atomic E-state index is -4.11. The van der Waals surface area contributed by atoms with Crippen molar-refractivity contribution >= 4 is 33.2 Å². The number of rotatable bonds is 10. The van der Waals surface area contributed by atoms with Crippen LogP contribution in [0.5, 0.6) is 0 Å². The van der Waals surface area contributed by atoms with Crippen LogP contribution in [0.15, 0.2) is 41.3 Å². The van der Waals surface area contributed by atoms with Gasteiger partial charge in [0.05, 0.1) is 5.02 Å². The molecule has 178 valence electrons. The fourth-order valence-electron chi connectivity index (χ4n) is 2.78. The molecule has 0 aliphatic rings. The highest BCUT2D eigenvalue weighted by Gasteiger charge is 2.28. The monoisotopic (exact) mass is 488 g/mol. The topological polar surface area (TPSA) is 66.5 Å². The summed E-state index contributed by atoms with van der Waals surface area (Å²) < 4.78 is 55.2. The molecule has 0 aliphatic carbocycles. The van der Waals surface area contributed by atoms with E-state index in [2.05, 4.69) is 5.32 Å². The van der Waals surface area contributed by atoms with Crippen molar-refractivity contribution in [1.82, 2.24) is 4.31 Å². The van der Waals surface area contributed by atoms with E-state index < -0.39 is 32.5 Å². The van der Waals surface area contributed by atoms with E-state index in [0.717, 1.165) is 31.0 Å². The summed E-state index contributed by atoms with van der Waals surface area (Å²) in [5.74, 6) is -2.22. The molecule has 0 atom stereocenters. The van der Waals surface area contributed by atoms with Crippen LogP contribution in [0, 0.1) is 11.6 Å². The van der Waals surface area contributed by atoms with Gasteiger partial charge in [-0.1, -0.05) is 52.1 Å². The van der Waals surface area contributed by atoms with Gasteiger partial charge >= 0.3 is 0 Å². The van der Waals surface area contributed by atoms with Gasteiger partial charge in [-0.2, -0.15) is 4.31 Å². The van der Waals surface area contributed by atoms with Crippen molar-refractivity contribution in [1.29, 1.82) is 0 Å². The number of nitrogens with zero attached hydrogens (tertiary/aromatic N) is 1. The van der Waals surface area contributed by atoms with Crippen LogP contribution in [-0.4, -0.2) is 31.7 Å². The number of carbonyl (C=O) groups excluding carboxylic acids is 1. The first-order valence-corrected chi connectivity index (χ1v) is 12.6. The second-order valence-electron chi connectivity index (χ2n) is 6.84. The van der Waals surface area contributed by atoms with Crippen molar-refractivity contribution in [3.63, 3.8) is 0 Å². The smallest absolute Gasteiger partial charge is 0.255 e. The minimum Gasteiger partial charge on any atom is -0.322 e. The molecular formula is C23H31ClF2N2O3S. The van der Waals surface area contributed by atoms with Crippen molar-refractivity contribution in [2.24, 2.45) is 0 Å². The molecule has 0 fully saturated rings. The van der Waals surface area contributed by atoms with Crippen LogP contribution in [-0.2, 0) is 10.0 Å². The highest BCUT2D eigenvalue weighted by molar-refractivity contribution is 7.89. The Labute approximate surface area is 194 Å². The Morgan fingerprint density at radius 3 is 2.06 bits per heavy atom. The summed E-state index contributed by atoms with van der Waals surface area (Å²) in [6.07, 6.45) is 2.89. The molecule has 2 aromatic carbocycles. The fourth-order valence-corrected chi connectivity index (χ4v) is 4.57. The van der Waals surface area contributed by atoms with E-state index in [0.29, 0.717) is 12.8 Å². The molecule has 0 saturated heterocycles. The molecule has 1 amide bonds. The molecule has 2 aromatic rings. The summed E-state index contributed by atoms with van der Waals surface area (Å²) in [6, 6.07) is 6.81. The van der Waals surface area contributed by atoms with Crippen LogP contribution in [0.2, 0.25) is 5.02 Å². The molecule has 1 N–H and O–H groups in total. The van der Waals surface area contributed by atoms with Crippen molar-refractivity contribution in [3.8, 4) is 0 Å². The van der Waals surface area contributed by atoms with Crippen molar-refractivity contribution in [2.75, 3.05) is 18.4 Å². The molecule has 0 unspecified atom stereocenters. The third-order valence-electron chi connectivity index (χ3n) is 4.51. The number of carbonyl (C=O) groups is 1. The highest BCUT2D eigenvalue weighted by Crippen LogP contribution is 2.24. The zero-order chi connectivity index (χ0) is 24.3. The van der Waals surface area contributed by atoms with E-state index in [1.807, 2.05) is 27.7 Å². The number of sulfonamides is 1. The van der Waals surface area contributed by atoms with Gasteiger partial charge in [-0.05, 0) is 49.2 Å². The van der Waals surface area contributed by atoms with Gasteiger partial charge in [-0.25, -0.2) is 17.2 Å². The van der Waals surface area contributed by atoms with Crippen LogP contribution in [0.1, 0.15) is 63.7 Å². The Bertz CT molecular complexity index is 993. The second-order valence-corrected chi connectivity index (χ2v) is 9.15. The van der Waals surface area contributed by atoms with Gasteiger partial charge in [0.2, 0.25) is 10.0 Å². The van der Waals surface area contributed by atoms with Crippen molar-refractivity contribution < 1.29 is 22.0 Å². The van der Waals surface area contributed by atoms with Crippen LogP contribution < -0.4 is 5.32 Å². The van der Waals surface area contributed by atoms with Gasteiger partial charge in [0, 0.05) is 24.3 Å². The van der Waals surface area contributed by atoms with Gasteiger partial charge in [-0.3, -0.25) is 4.79 Å². The maximum Gasteiger partial charge on any atom is 0.255 e. The SMILES string of the molecule is CC.CCCCN(CCCC)S(=O)(=O)c1cc(C(=O)Nc2ccc(F)c(Cl)c2)ccc1F. The lowest BCUT2D eigenvalue weighted by Gasteiger charge is -2.22. The largest absolute Gasteiger partial charge is 0.322 e. The Hall–Kier alpha value is -2.03. The van der Waals surface area contributed by atoms with Gasteiger partial charge < -0.3 is 5.32 Å². The fraction of sp³-hybridized carbons (Fsp3) is 0.435. The number of anilines is 1. The van der Waals surface area contributed by atoms with Crippen molar-refractivity contribution in [2.45, 2.75) is 58.3 Å². The first-order valence-electron chi connectivity index (χ1n) is 10.8. The average molecular weight is 489 g/mol. The number of benzene rings is 2. The molecular weight excluding hydrogens is 458 g/mol. The summed E-state index contributed by atoms with van der Waals surface area (Å²) >= 11 is 5.71. The Balaban J connectivity index is 0.00000249. The quantitative estimate of drug-likeness (QED) is 0.415. The van der Waals surface area contributed by atoms with Gasteiger partial charge in [0.1, 0.15) is 16.5 Å². The van der Waals surface area contributed by atoms with E-state index in [4.69, 9.17) is 11.6 Å². The standard InChI is InChI=1S/C21H25ClF2N2O3S.C2H6/c1-3-5-11-26(12-6-4-2)30(28,29)20-13-15(7-9-19(20)24)21(27)25-16-8-10-18(23)17(22)14-16;1-2/h7-10,13-14H,3-6,11-12H2,1-2H3,(H,25,27);1-2H3. The highest BCUT2D eigenvalue weighted by atomic mass is 35.5. The third kappa shape index (κ3) is 7.53. The van der Waals surface area contributed by atoms with Gasteiger partial charge in [0.15, 0.2) is 0 Å². The maximum absolute atomic E-state index is 14.5. The first-order chi connectivity index (χ1) is 15.2. The van der Waals surface area contributed by atoms with Crippen molar-refractivity contribution in [3.05, 3.63) is 58.6 Å². The Morgan fingerprint density at radius 1 is 0.969 bits per heavy atom. The molecule has 0 saturated carbocycles. The lowest BCUT2D eigenvalue weighted by Crippen LogP contribution is -2.33. The number of nitrogens with one attached hydrogen (secondary N) is 1. The molecule has 0 radical (unpaired) electrons. The van der Waals surface area contributed by atoms with Crippen LogP contribution in [0.25, 0.3) is 0 Å². The van der Waals surface area contributed by atoms with Crippen LogP contribution >= 0.6 is 11.6 Å².